The fraction of sp³-hybridized carbons (Fsp3) is 0.208. The van der Waals surface area contributed by atoms with E-state index in [2.05, 4.69) is 16.5 Å². The number of para-hydroxylation sites is 1. The lowest BCUT2D eigenvalue weighted by Crippen LogP contribution is -2.23. The largest absolute Gasteiger partial charge is 0.489 e. The van der Waals surface area contributed by atoms with Crippen molar-refractivity contribution in [1.29, 1.82) is 0 Å². The van der Waals surface area contributed by atoms with Crippen LogP contribution < -0.4 is 15.2 Å². The molecule has 0 unspecified atom stereocenters. The molecule has 7 heteroatoms. The Bertz CT molecular complexity index is 1250. The van der Waals surface area contributed by atoms with Crippen molar-refractivity contribution in [3.8, 4) is 17.2 Å². The fourth-order valence-corrected chi connectivity index (χ4v) is 3.33. The molecule has 0 aliphatic carbocycles. The zero-order valence-electron chi connectivity index (χ0n) is 17.8. The predicted octanol–water partition coefficient (Wildman–Crippen LogP) is 3.74. The molecule has 0 spiro atoms. The molecule has 1 heterocycles. The zero-order chi connectivity index (χ0) is 21.8. The van der Waals surface area contributed by atoms with Crippen LogP contribution in [0.15, 0.2) is 71.5 Å². The van der Waals surface area contributed by atoms with Gasteiger partial charge in [0.2, 0.25) is 0 Å². The van der Waals surface area contributed by atoms with Crippen LogP contribution in [0.3, 0.4) is 0 Å². The number of benzene rings is 3. The molecule has 3 aromatic carbocycles. The average Bonchev–Trinajstić information content (AvgIpc) is 3.11. The smallest absolute Gasteiger partial charge is 0.368 e. The van der Waals surface area contributed by atoms with E-state index in [-0.39, 0.29) is 5.69 Å². The summed E-state index contributed by atoms with van der Waals surface area (Å²) in [5, 5.41) is 7.77. The summed E-state index contributed by atoms with van der Waals surface area (Å²) >= 11 is 0. The molecule has 4 aromatic rings. The van der Waals surface area contributed by atoms with Gasteiger partial charge >= 0.3 is 5.69 Å². The Labute approximate surface area is 180 Å². The summed E-state index contributed by atoms with van der Waals surface area (Å²) < 4.78 is 14.4. The Balaban J connectivity index is 1.50. The summed E-state index contributed by atoms with van der Waals surface area (Å²) in [6, 6.07) is 21.5. The van der Waals surface area contributed by atoms with Gasteiger partial charge in [0, 0.05) is 12.6 Å². The Kier molecular flexibility index (Phi) is 5.84. The van der Waals surface area contributed by atoms with Gasteiger partial charge in [-0.15, -0.1) is 0 Å². The first-order chi connectivity index (χ1) is 15.0. The van der Waals surface area contributed by atoms with Gasteiger partial charge in [0.25, 0.3) is 0 Å². The number of hydrogen-bond acceptors (Lipinski definition) is 5. The third-order valence-electron chi connectivity index (χ3n) is 5.10. The second kappa shape index (κ2) is 8.87. The van der Waals surface area contributed by atoms with Crippen LogP contribution in [0.2, 0.25) is 0 Å². The molecule has 0 aliphatic heterocycles. The number of hydrogen-bond donors (Lipinski definition) is 0. The van der Waals surface area contributed by atoms with Gasteiger partial charge in [-0.05, 0) is 71.3 Å². The minimum absolute atomic E-state index is 0.300. The molecule has 4 rings (SSSR count). The van der Waals surface area contributed by atoms with E-state index >= 15 is 0 Å². The fourth-order valence-electron chi connectivity index (χ4n) is 3.33. The van der Waals surface area contributed by atoms with E-state index in [4.69, 9.17) is 9.47 Å². The van der Waals surface area contributed by atoms with Gasteiger partial charge in [-0.2, -0.15) is 9.36 Å². The number of nitrogens with zero attached hydrogens (tertiary/aromatic N) is 4. The maximum Gasteiger partial charge on any atom is 0.368 e. The third kappa shape index (κ3) is 4.50. The number of aryl methyl sites for hydroxylation is 3. The van der Waals surface area contributed by atoms with E-state index in [1.807, 2.05) is 74.5 Å². The van der Waals surface area contributed by atoms with Crippen LogP contribution >= 0.6 is 0 Å². The van der Waals surface area contributed by atoms with Crippen molar-refractivity contribution >= 4 is 0 Å². The first kappa shape index (κ1) is 20.4. The lowest BCUT2D eigenvalue weighted by atomic mass is 10.1. The molecule has 0 aliphatic rings. The van der Waals surface area contributed by atoms with Crippen molar-refractivity contribution in [3.05, 3.63) is 99.5 Å². The molecule has 0 bridgehead atoms. The number of ether oxygens (including phenoxy) is 2. The number of aromatic nitrogens is 4. The van der Waals surface area contributed by atoms with E-state index in [1.54, 1.807) is 7.05 Å². The summed E-state index contributed by atoms with van der Waals surface area (Å²) in [5.74, 6) is 1.62. The van der Waals surface area contributed by atoms with Crippen LogP contribution in [-0.2, 0) is 20.3 Å². The molecular weight excluding hydrogens is 392 g/mol. The van der Waals surface area contributed by atoms with Crippen LogP contribution in [0.1, 0.15) is 22.3 Å². The minimum Gasteiger partial charge on any atom is -0.489 e. The quantitative estimate of drug-likeness (QED) is 0.459. The average molecular weight is 416 g/mol. The van der Waals surface area contributed by atoms with Crippen molar-refractivity contribution in [2.45, 2.75) is 27.1 Å². The summed E-state index contributed by atoms with van der Waals surface area (Å²) in [7, 11) is 1.57. The van der Waals surface area contributed by atoms with Crippen molar-refractivity contribution in [3.63, 3.8) is 0 Å². The standard InChI is InChI=1S/C24H24N4O3/c1-17-8-7-11-22(28-24(29)27(3)25-26-28)21(17)16-31-23-13-12-19(14-18(23)2)15-30-20-9-5-4-6-10-20/h4-14H,15-16H2,1-3H3. The maximum absolute atomic E-state index is 12.3. The molecule has 0 radical (unpaired) electrons. The van der Waals surface area contributed by atoms with Crippen molar-refractivity contribution in [1.82, 2.24) is 19.8 Å². The monoisotopic (exact) mass is 416 g/mol. The molecule has 1 aromatic heterocycles. The van der Waals surface area contributed by atoms with Gasteiger partial charge in [0.15, 0.2) is 0 Å². The van der Waals surface area contributed by atoms with Gasteiger partial charge in [-0.25, -0.2) is 4.79 Å². The van der Waals surface area contributed by atoms with Crippen LogP contribution in [0.25, 0.3) is 5.69 Å². The van der Waals surface area contributed by atoms with Gasteiger partial charge in [0.1, 0.15) is 24.7 Å². The molecule has 7 nitrogen and oxygen atoms in total. The van der Waals surface area contributed by atoms with E-state index in [9.17, 15) is 4.79 Å². The summed E-state index contributed by atoms with van der Waals surface area (Å²) in [4.78, 5) is 12.3. The van der Waals surface area contributed by atoms with Crippen LogP contribution in [-0.4, -0.2) is 19.8 Å². The first-order valence-electron chi connectivity index (χ1n) is 10.0. The Morgan fingerprint density at radius 3 is 2.35 bits per heavy atom. The summed E-state index contributed by atoms with van der Waals surface area (Å²) in [6.45, 7) is 4.79. The predicted molar refractivity (Wildman–Crippen MR) is 118 cm³/mol. The lowest BCUT2D eigenvalue weighted by Gasteiger charge is -2.15. The van der Waals surface area contributed by atoms with Crippen LogP contribution in [0, 0.1) is 13.8 Å². The molecule has 158 valence electrons. The second-order valence-electron chi connectivity index (χ2n) is 7.36. The van der Waals surface area contributed by atoms with Gasteiger partial charge < -0.3 is 9.47 Å². The van der Waals surface area contributed by atoms with E-state index < -0.39 is 0 Å². The highest BCUT2D eigenvalue weighted by Crippen LogP contribution is 2.24. The van der Waals surface area contributed by atoms with Gasteiger partial charge in [-0.3, -0.25) is 0 Å². The number of rotatable bonds is 7. The van der Waals surface area contributed by atoms with Crippen LogP contribution in [0.5, 0.6) is 11.5 Å². The molecule has 31 heavy (non-hydrogen) atoms. The second-order valence-corrected chi connectivity index (χ2v) is 7.36. The lowest BCUT2D eigenvalue weighted by molar-refractivity contribution is 0.298. The molecule has 0 atom stereocenters. The summed E-state index contributed by atoms with van der Waals surface area (Å²) in [6.07, 6.45) is 0. The maximum atomic E-state index is 12.3. The minimum atomic E-state index is -0.300. The number of tetrazole rings is 1. The van der Waals surface area contributed by atoms with Crippen molar-refractivity contribution < 1.29 is 9.47 Å². The van der Waals surface area contributed by atoms with E-state index in [0.717, 1.165) is 33.8 Å². The molecule has 0 fully saturated rings. The SMILES string of the molecule is Cc1cc(COc2ccccc2)ccc1OCc1c(C)cccc1-n1nnn(C)c1=O. The third-order valence-corrected chi connectivity index (χ3v) is 5.10. The first-order valence-corrected chi connectivity index (χ1v) is 10.0. The van der Waals surface area contributed by atoms with Crippen molar-refractivity contribution in [2.75, 3.05) is 0 Å². The highest BCUT2D eigenvalue weighted by Gasteiger charge is 2.14. The Hall–Kier alpha value is -3.87. The van der Waals surface area contributed by atoms with Crippen LogP contribution in [0.4, 0.5) is 0 Å². The van der Waals surface area contributed by atoms with E-state index in [1.165, 1.54) is 9.36 Å². The van der Waals surface area contributed by atoms with Gasteiger partial charge in [0.05, 0.1) is 5.69 Å². The topological polar surface area (TPSA) is 71.2 Å². The molecule has 0 N–H and O–H groups in total. The molecular formula is C24H24N4O3. The Morgan fingerprint density at radius 1 is 0.839 bits per heavy atom. The Morgan fingerprint density at radius 2 is 1.65 bits per heavy atom. The molecule has 0 saturated heterocycles. The normalized spacial score (nSPS) is 10.8. The van der Waals surface area contributed by atoms with Gasteiger partial charge in [-0.1, -0.05) is 36.4 Å². The zero-order valence-corrected chi connectivity index (χ0v) is 17.8. The molecule has 0 saturated carbocycles. The van der Waals surface area contributed by atoms with Crippen molar-refractivity contribution in [2.24, 2.45) is 7.05 Å². The molecule has 0 amide bonds. The highest BCUT2D eigenvalue weighted by atomic mass is 16.5. The summed E-state index contributed by atoms with van der Waals surface area (Å²) in [5.41, 5.74) is 4.35. The van der Waals surface area contributed by atoms with E-state index in [0.29, 0.717) is 18.9 Å². The highest BCUT2D eigenvalue weighted by molar-refractivity contribution is 5.45.